The third-order valence-electron chi connectivity index (χ3n) is 5.74. The fraction of sp³-hybridized carbons (Fsp3) is 0.480. The Morgan fingerprint density at radius 3 is 2.53 bits per heavy atom. The van der Waals surface area contributed by atoms with Gasteiger partial charge in [0.15, 0.2) is 5.82 Å². The highest BCUT2D eigenvalue weighted by Crippen LogP contribution is 2.40. The van der Waals surface area contributed by atoms with Gasteiger partial charge < -0.3 is 20.1 Å². The summed E-state index contributed by atoms with van der Waals surface area (Å²) in [6, 6.07) is 3.74. The Morgan fingerprint density at radius 2 is 1.89 bits per heavy atom. The molecule has 0 unspecified atom stereocenters. The molecule has 0 saturated heterocycles. The monoisotopic (exact) mass is 564 g/mol. The summed E-state index contributed by atoms with van der Waals surface area (Å²) >= 11 is 2.99. The minimum Gasteiger partial charge on any atom is -0.460 e. The summed E-state index contributed by atoms with van der Waals surface area (Å²) in [6.45, 7) is 8.58. The fourth-order valence-electron chi connectivity index (χ4n) is 4.36. The van der Waals surface area contributed by atoms with Crippen molar-refractivity contribution < 1.29 is 28.2 Å². The lowest BCUT2D eigenvalue weighted by molar-refractivity contribution is -0.152. The molecule has 0 radical (unpaired) electrons. The molecule has 2 aromatic heterocycles. The lowest BCUT2D eigenvalue weighted by atomic mass is 9.74. The van der Waals surface area contributed by atoms with Gasteiger partial charge in [0.25, 0.3) is 5.91 Å². The molecule has 36 heavy (non-hydrogen) atoms. The molecule has 11 heteroatoms. The van der Waals surface area contributed by atoms with E-state index >= 15 is 0 Å². The zero-order chi connectivity index (χ0) is 26.6. The maximum Gasteiger partial charge on any atom is 0.408 e. The summed E-state index contributed by atoms with van der Waals surface area (Å²) in [7, 11) is 0. The Morgan fingerprint density at radius 1 is 1.17 bits per heavy atom. The number of aromatic nitrogens is 2. The number of carbonyl (C=O) groups is 3. The van der Waals surface area contributed by atoms with Crippen molar-refractivity contribution in [1.29, 1.82) is 0 Å². The first-order valence-corrected chi connectivity index (χ1v) is 12.4. The van der Waals surface area contributed by atoms with Crippen LogP contribution in [0.15, 0.2) is 35.2 Å². The molecule has 194 valence electrons. The number of alkyl carbamates (subject to hydrolysis) is 1. The number of anilines is 1. The summed E-state index contributed by atoms with van der Waals surface area (Å²) in [4.78, 5) is 45.2. The van der Waals surface area contributed by atoms with E-state index in [1.807, 2.05) is 6.92 Å². The molecular formula is C25H30BrFN4O5. The van der Waals surface area contributed by atoms with Gasteiger partial charge in [0.05, 0.1) is 17.9 Å². The topological polar surface area (TPSA) is 120 Å². The number of hydrogen-bond donors (Lipinski definition) is 2. The van der Waals surface area contributed by atoms with Crippen molar-refractivity contribution in [3.05, 3.63) is 52.3 Å². The van der Waals surface area contributed by atoms with Gasteiger partial charge in [-0.15, -0.1) is 0 Å². The first-order chi connectivity index (χ1) is 16.8. The van der Waals surface area contributed by atoms with Gasteiger partial charge in [-0.25, -0.2) is 14.2 Å². The van der Waals surface area contributed by atoms with Crippen LogP contribution in [0.2, 0.25) is 0 Å². The third kappa shape index (κ3) is 7.22. The number of carbonyl (C=O) groups excluding carboxylic acids is 3. The molecule has 0 aromatic carbocycles. The highest BCUT2D eigenvalue weighted by Gasteiger charge is 2.40. The number of ether oxygens (including phenoxy) is 2. The lowest BCUT2D eigenvalue weighted by Gasteiger charge is -2.40. The van der Waals surface area contributed by atoms with E-state index in [9.17, 15) is 18.8 Å². The quantitative estimate of drug-likeness (QED) is 0.388. The summed E-state index contributed by atoms with van der Waals surface area (Å²) < 4.78 is 24.5. The maximum atomic E-state index is 13.5. The maximum absolute atomic E-state index is 13.5. The smallest absolute Gasteiger partial charge is 0.408 e. The van der Waals surface area contributed by atoms with Crippen molar-refractivity contribution >= 4 is 39.6 Å². The molecule has 1 aliphatic rings. The van der Waals surface area contributed by atoms with Crippen LogP contribution in [0.4, 0.5) is 14.9 Å². The van der Waals surface area contributed by atoms with Gasteiger partial charge in [0, 0.05) is 13.1 Å². The van der Waals surface area contributed by atoms with Crippen molar-refractivity contribution in [2.24, 2.45) is 5.92 Å². The Balaban J connectivity index is 1.85. The third-order valence-corrected chi connectivity index (χ3v) is 6.29. The van der Waals surface area contributed by atoms with Gasteiger partial charge in [-0.05, 0) is 85.1 Å². The van der Waals surface area contributed by atoms with E-state index in [0.717, 1.165) is 11.6 Å². The molecule has 1 saturated carbocycles. The van der Waals surface area contributed by atoms with Crippen LogP contribution in [0.3, 0.4) is 0 Å². The summed E-state index contributed by atoms with van der Waals surface area (Å²) in [6.07, 6.45) is 3.09. The summed E-state index contributed by atoms with van der Waals surface area (Å²) in [5.41, 5.74) is 0.633. The zero-order valence-electron chi connectivity index (χ0n) is 20.8. The average molecular weight is 565 g/mol. The van der Waals surface area contributed by atoms with E-state index in [4.69, 9.17) is 9.47 Å². The minimum absolute atomic E-state index is 0.0366. The van der Waals surface area contributed by atoms with Gasteiger partial charge in [0.1, 0.15) is 22.0 Å². The Kier molecular flexibility index (Phi) is 8.65. The van der Waals surface area contributed by atoms with Gasteiger partial charge >= 0.3 is 12.1 Å². The molecule has 1 aliphatic carbocycles. The van der Waals surface area contributed by atoms with E-state index in [1.165, 1.54) is 19.2 Å². The van der Waals surface area contributed by atoms with Gasteiger partial charge in [-0.1, -0.05) is 6.92 Å². The van der Waals surface area contributed by atoms with Crippen LogP contribution in [0.5, 0.6) is 0 Å². The lowest BCUT2D eigenvalue weighted by Crippen LogP contribution is -2.52. The number of esters is 1. The highest BCUT2D eigenvalue weighted by atomic mass is 79.9. The molecule has 1 fully saturated rings. The molecular weight excluding hydrogens is 535 g/mol. The molecule has 9 nitrogen and oxygen atoms in total. The van der Waals surface area contributed by atoms with E-state index in [-0.39, 0.29) is 22.1 Å². The number of pyridine rings is 2. The number of amides is 2. The number of nitrogens with one attached hydrogen (secondary N) is 2. The molecule has 3 rings (SSSR count). The summed E-state index contributed by atoms with van der Waals surface area (Å²) in [5.74, 6) is -1.72. The van der Waals surface area contributed by atoms with Crippen LogP contribution in [0, 0.1) is 11.7 Å². The van der Waals surface area contributed by atoms with E-state index in [0.29, 0.717) is 18.5 Å². The van der Waals surface area contributed by atoms with Crippen LogP contribution >= 0.6 is 15.9 Å². The van der Waals surface area contributed by atoms with Crippen molar-refractivity contribution in [1.82, 2.24) is 15.3 Å². The van der Waals surface area contributed by atoms with Gasteiger partial charge in [0.2, 0.25) is 0 Å². The van der Waals surface area contributed by atoms with Crippen LogP contribution < -0.4 is 10.6 Å². The first-order valence-electron chi connectivity index (χ1n) is 11.6. The Bertz CT molecular complexity index is 1140. The van der Waals surface area contributed by atoms with Crippen LogP contribution in [0.25, 0.3) is 0 Å². The van der Waals surface area contributed by atoms with Crippen LogP contribution in [-0.4, -0.2) is 45.7 Å². The van der Waals surface area contributed by atoms with E-state index in [2.05, 4.69) is 36.5 Å². The van der Waals surface area contributed by atoms with Crippen molar-refractivity contribution in [3.8, 4) is 0 Å². The molecule has 0 aliphatic heterocycles. The standard InChI is InChI=1S/C25H30BrFN4O5/c1-13-10-15(11-19(21(13)35-14(2)32)31-24(34)36-25(3,4)5)16-8-9-28-12-20(16)30-23(33)18-7-6-17(27)22(26)29-18/h6-9,12-13,15,19,21H,10-11H2,1-5H3,(H,30,33)(H,31,34)/t13-,15+,19+,21+/m0/s1. The van der Waals surface area contributed by atoms with E-state index < -0.39 is 41.5 Å². The molecule has 2 aromatic rings. The van der Waals surface area contributed by atoms with Crippen molar-refractivity contribution in [3.63, 3.8) is 0 Å². The zero-order valence-corrected chi connectivity index (χ0v) is 22.4. The largest absolute Gasteiger partial charge is 0.460 e. The number of rotatable bonds is 5. The molecule has 4 atom stereocenters. The first kappa shape index (κ1) is 27.5. The number of hydrogen-bond acceptors (Lipinski definition) is 7. The van der Waals surface area contributed by atoms with Crippen molar-refractivity contribution in [2.45, 2.75) is 71.1 Å². The average Bonchev–Trinajstić information content (AvgIpc) is 2.76. The molecule has 2 heterocycles. The predicted octanol–water partition coefficient (Wildman–Crippen LogP) is 4.97. The summed E-state index contributed by atoms with van der Waals surface area (Å²) in [5, 5.41) is 5.68. The normalized spacial score (nSPS) is 21.9. The fourth-order valence-corrected chi connectivity index (χ4v) is 4.68. The predicted molar refractivity (Wildman–Crippen MR) is 134 cm³/mol. The van der Waals surface area contributed by atoms with Crippen LogP contribution in [0.1, 0.15) is 69.4 Å². The Labute approximate surface area is 217 Å². The minimum atomic E-state index is -0.688. The van der Waals surface area contributed by atoms with Crippen molar-refractivity contribution in [2.75, 3.05) is 5.32 Å². The van der Waals surface area contributed by atoms with Gasteiger partial charge in [-0.2, -0.15) is 0 Å². The SMILES string of the molecule is CC(=O)O[C@@H]1[C@@H](C)C[C@@H](c2ccncc2NC(=O)c2ccc(F)c(Br)n2)C[C@H]1NC(=O)OC(C)(C)C. The number of nitrogens with zero attached hydrogens (tertiary/aromatic N) is 2. The highest BCUT2D eigenvalue weighted by molar-refractivity contribution is 9.10. The second kappa shape index (κ2) is 11.3. The molecule has 2 N–H and O–H groups in total. The Hall–Kier alpha value is -3.08. The molecule has 0 bridgehead atoms. The number of halogens is 2. The van der Waals surface area contributed by atoms with Gasteiger partial charge in [-0.3, -0.25) is 14.6 Å². The van der Waals surface area contributed by atoms with E-state index in [1.54, 1.807) is 33.0 Å². The van der Waals surface area contributed by atoms with Crippen LogP contribution in [-0.2, 0) is 14.3 Å². The second-order valence-electron chi connectivity index (χ2n) is 9.86. The molecule has 0 spiro atoms. The molecule has 2 amide bonds. The second-order valence-corrected chi connectivity index (χ2v) is 10.6.